The molecule has 0 aliphatic carbocycles. The number of hydrogen-bond donors (Lipinski definition) is 2. The maximum absolute atomic E-state index is 13.0. The quantitative estimate of drug-likeness (QED) is 0.610. The molecule has 2 aromatic rings. The van der Waals surface area contributed by atoms with Gasteiger partial charge in [-0.3, -0.25) is 4.90 Å². The number of esters is 1. The second-order valence-corrected chi connectivity index (χ2v) is 9.13. The summed E-state index contributed by atoms with van der Waals surface area (Å²) in [5.41, 5.74) is 5.40. The van der Waals surface area contributed by atoms with Gasteiger partial charge < -0.3 is 20.3 Å². The molecule has 180 valence electrons. The Morgan fingerprint density at radius 3 is 2.56 bits per heavy atom. The number of nitrogens with zero attached hydrogens (tertiary/aromatic N) is 2. The molecule has 1 fully saturated rings. The number of ether oxygens (including phenoxy) is 1. The molecule has 8 heteroatoms. The van der Waals surface area contributed by atoms with Crippen molar-refractivity contribution in [2.24, 2.45) is 0 Å². The fourth-order valence-corrected chi connectivity index (χ4v) is 4.81. The summed E-state index contributed by atoms with van der Waals surface area (Å²) in [5.74, 6) is -0.455. The normalized spacial score (nSPS) is 19.0. The van der Waals surface area contributed by atoms with Gasteiger partial charge >= 0.3 is 12.0 Å². The Labute approximate surface area is 205 Å². The third-order valence-electron chi connectivity index (χ3n) is 6.32. The van der Waals surface area contributed by atoms with Crippen molar-refractivity contribution in [3.8, 4) is 0 Å². The zero-order chi connectivity index (χ0) is 24.2. The Morgan fingerprint density at radius 2 is 1.85 bits per heavy atom. The maximum atomic E-state index is 13.0. The first kappa shape index (κ1) is 24.1. The van der Waals surface area contributed by atoms with Gasteiger partial charge in [0.15, 0.2) is 0 Å². The standard InChI is InChI=1S/C26H31ClN4O3/c1-4-34-25(32)23-21(28-26(33)29-24(23)19-7-5-6-8-20(19)27)16-30-11-13-31(14-12-30)22-15-17(2)9-10-18(22)3/h5-10,15,24H,4,11-14,16H2,1-3H3,(H2,28,29,33)/t24-/m1/s1. The number of amides is 2. The second-order valence-electron chi connectivity index (χ2n) is 8.72. The second kappa shape index (κ2) is 10.5. The molecule has 0 bridgehead atoms. The van der Waals surface area contributed by atoms with Crippen molar-refractivity contribution in [3.63, 3.8) is 0 Å². The molecule has 1 saturated heterocycles. The third-order valence-corrected chi connectivity index (χ3v) is 6.67. The number of carbonyl (C=O) groups excluding carboxylic acids is 2. The van der Waals surface area contributed by atoms with Gasteiger partial charge in [-0.2, -0.15) is 0 Å². The van der Waals surface area contributed by atoms with E-state index in [1.165, 1.54) is 16.8 Å². The van der Waals surface area contributed by atoms with E-state index in [0.29, 0.717) is 28.4 Å². The summed E-state index contributed by atoms with van der Waals surface area (Å²) < 4.78 is 5.37. The fourth-order valence-electron chi connectivity index (χ4n) is 4.57. The van der Waals surface area contributed by atoms with Gasteiger partial charge in [0.2, 0.25) is 0 Å². The highest BCUT2D eigenvalue weighted by atomic mass is 35.5. The van der Waals surface area contributed by atoms with Crippen molar-refractivity contribution in [2.75, 3.05) is 44.2 Å². The van der Waals surface area contributed by atoms with Crippen LogP contribution in [0.5, 0.6) is 0 Å². The van der Waals surface area contributed by atoms with Gasteiger partial charge in [0.05, 0.1) is 18.2 Å². The zero-order valence-corrected chi connectivity index (χ0v) is 20.6. The molecule has 0 unspecified atom stereocenters. The summed E-state index contributed by atoms with van der Waals surface area (Å²) in [6.45, 7) is 10.1. The van der Waals surface area contributed by atoms with Crippen molar-refractivity contribution in [2.45, 2.75) is 26.8 Å². The SMILES string of the molecule is CCOC(=O)C1=C(CN2CCN(c3cc(C)ccc3C)CC2)NC(=O)N[C@@H]1c1ccccc1Cl. The van der Waals surface area contributed by atoms with Crippen LogP contribution in [-0.2, 0) is 9.53 Å². The van der Waals surface area contributed by atoms with E-state index in [0.717, 1.165) is 26.2 Å². The molecule has 0 radical (unpaired) electrons. The summed E-state index contributed by atoms with van der Waals surface area (Å²) >= 11 is 6.43. The summed E-state index contributed by atoms with van der Waals surface area (Å²) in [4.78, 5) is 30.2. The molecule has 2 aliphatic heterocycles. The molecule has 4 rings (SSSR count). The predicted octanol–water partition coefficient (Wildman–Crippen LogP) is 3.95. The highest BCUT2D eigenvalue weighted by Crippen LogP contribution is 2.32. The van der Waals surface area contributed by atoms with E-state index in [-0.39, 0.29) is 12.6 Å². The molecule has 0 aromatic heterocycles. The van der Waals surface area contributed by atoms with Crippen LogP contribution in [0.3, 0.4) is 0 Å². The predicted molar refractivity (Wildman–Crippen MR) is 134 cm³/mol. The minimum atomic E-state index is -0.673. The molecule has 1 atom stereocenters. The number of nitrogens with one attached hydrogen (secondary N) is 2. The molecule has 7 nitrogen and oxygen atoms in total. The van der Waals surface area contributed by atoms with Crippen LogP contribution >= 0.6 is 11.6 Å². The van der Waals surface area contributed by atoms with Crippen LogP contribution in [0.25, 0.3) is 0 Å². The Balaban J connectivity index is 1.57. The Kier molecular flexibility index (Phi) is 7.44. The van der Waals surface area contributed by atoms with Crippen molar-refractivity contribution < 1.29 is 14.3 Å². The van der Waals surface area contributed by atoms with E-state index in [4.69, 9.17) is 16.3 Å². The van der Waals surface area contributed by atoms with Crippen molar-refractivity contribution in [1.82, 2.24) is 15.5 Å². The lowest BCUT2D eigenvalue weighted by molar-refractivity contribution is -0.139. The van der Waals surface area contributed by atoms with Crippen LogP contribution in [0, 0.1) is 13.8 Å². The van der Waals surface area contributed by atoms with Gasteiger partial charge in [0, 0.05) is 49.1 Å². The Morgan fingerprint density at radius 1 is 1.12 bits per heavy atom. The zero-order valence-electron chi connectivity index (χ0n) is 19.9. The number of aryl methyl sites for hydroxylation is 2. The minimum Gasteiger partial charge on any atom is -0.463 e. The van der Waals surface area contributed by atoms with Gasteiger partial charge in [-0.05, 0) is 49.6 Å². The van der Waals surface area contributed by atoms with Gasteiger partial charge in [0.1, 0.15) is 0 Å². The first-order chi connectivity index (χ1) is 16.4. The Bertz CT molecular complexity index is 1110. The number of hydrogen-bond acceptors (Lipinski definition) is 5. The molecule has 2 N–H and O–H groups in total. The van der Waals surface area contributed by atoms with Gasteiger partial charge in [-0.25, -0.2) is 9.59 Å². The average Bonchev–Trinajstić information content (AvgIpc) is 2.81. The molecule has 0 saturated carbocycles. The smallest absolute Gasteiger partial charge is 0.338 e. The van der Waals surface area contributed by atoms with Crippen LogP contribution in [0.15, 0.2) is 53.7 Å². The number of carbonyl (C=O) groups is 2. The van der Waals surface area contributed by atoms with Crippen LogP contribution in [0.1, 0.15) is 29.7 Å². The van der Waals surface area contributed by atoms with Crippen molar-refractivity contribution in [3.05, 3.63) is 75.4 Å². The van der Waals surface area contributed by atoms with Crippen molar-refractivity contribution in [1.29, 1.82) is 0 Å². The first-order valence-electron chi connectivity index (χ1n) is 11.6. The number of anilines is 1. The van der Waals surface area contributed by atoms with Crippen LogP contribution in [0.2, 0.25) is 5.02 Å². The average molecular weight is 483 g/mol. The fraction of sp³-hybridized carbons (Fsp3) is 0.385. The molecular formula is C26H31ClN4O3. The number of benzene rings is 2. The lowest BCUT2D eigenvalue weighted by Gasteiger charge is -2.38. The first-order valence-corrected chi connectivity index (χ1v) is 12.0. The topological polar surface area (TPSA) is 73.9 Å². The number of urea groups is 1. The van der Waals surface area contributed by atoms with E-state index >= 15 is 0 Å². The summed E-state index contributed by atoms with van der Waals surface area (Å²) in [7, 11) is 0. The largest absolute Gasteiger partial charge is 0.463 e. The minimum absolute atomic E-state index is 0.243. The summed E-state index contributed by atoms with van der Waals surface area (Å²) in [6, 6.07) is 12.7. The Hall–Kier alpha value is -3.03. The van der Waals surface area contributed by atoms with Crippen molar-refractivity contribution >= 4 is 29.3 Å². The summed E-state index contributed by atoms with van der Waals surface area (Å²) in [6.07, 6.45) is 0. The van der Waals surface area contributed by atoms with Gasteiger partial charge in [0.25, 0.3) is 0 Å². The molecule has 2 aromatic carbocycles. The lowest BCUT2D eigenvalue weighted by Crippen LogP contribution is -2.52. The van der Waals surface area contributed by atoms with E-state index in [2.05, 4.69) is 52.5 Å². The highest BCUT2D eigenvalue weighted by molar-refractivity contribution is 6.31. The van der Waals surface area contributed by atoms with E-state index < -0.39 is 12.0 Å². The van der Waals surface area contributed by atoms with Crippen LogP contribution in [-0.4, -0.2) is 56.2 Å². The molecular weight excluding hydrogens is 452 g/mol. The van der Waals surface area contributed by atoms with Crippen LogP contribution < -0.4 is 15.5 Å². The maximum Gasteiger partial charge on any atom is 0.338 e. The lowest BCUT2D eigenvalue weighted by atomic mass is 9.94. The number of halogens is 1. The highest BCUT2D eigenvalue weighted by Gasteiger charge is 2.35. The molecule has 0 spiro atoms. The van der Waals surface area contributed by atoms with Gasteiger partial charge in [-0.15, -0.1) is 0 Å². The molecule has 2 amide bonds. The van der Waals surface area contributed by atoms with E-state index in [1.54, 1.807) is 13.0 Å². The van der Waals surface area contributed by atoms with E-state index in [9.17, 15) is 9.59 Å². The third kappa shape index (κ3) is 5.21. The number of piperazine rings is 1. The van der Waals surface area contributed by atoms with Crippen LogP contribution in [0.4, 0.5) is 10.5 Å². The monoisotopic (exact) mass is 482 g/mol. The molecule has 2 heterocycles. The molecule has 2 aliphatic rings. The number of rotatable bonds is 6. The molecule has 34 heavy (non-hydrogen) atoms. The van der Waals surface area contributed by atoms with E-state index in [1.807, 2.05) is 18.2 Å². The van der Waals surface area contributed by atoms with Gasteiger partial charge in [-0.1, -0.05) is 41.9 Å². The summed E-state index contributed by atoms with van der Waals surface area (Å²) in [5, 5.41) is 6.20.